The lowest BCUT2D eigenvalue weighted by molar-refractivity contribution is 0.0633. The van der Waals surface area contributed by atoms with Crippen molar-refractivity contribution in [3.63, 3.8) is 0 Å². The van der Waals surface area contributed by atoms with Gasteiger partial charge in [0.25, 0.3) is 11.8 Å². The summed E-state index contributed by atoms with van der Waals surface area (Å²) in [4.78, 5) is 29.0. The van der Waals surface area contributed by atoms with Gasteiger partial charge in [0.05, 0.1) is 6.61 Å². The third-order valence-electron chi connectivity index (χ3n) is 5.86. The summed E-state index contributed by atoms with van der Waals surface area (Å²) in [5.41, 5.74) is 1.34. The molecule has 0 radical (unpaired) electrons. The van der Waals surface area contributed by atoms with Crippen molar-refractivity contribution >= 4 is 23.4 Å². The minimum absolute atomic E-state index is 0.0204. The summed E-state index contributed by atoms with van der Waals surface area (Å²) in [6.45, 7) is 3.69. The molecule has 2 fully saturated rings. The van der Waals surface area contributed by atoms with Crippen molar-refractivity contribution in [3.05, 3.63) is 64.7 Å². The molecule has 0 saturated carbocycles. The number of halogens is 1. The standard InChI is InChI=1S/C24H27ClN2O3/c25-21-7-3-6-20(15-21)24(29)27-14-4-5-18(16-27)17-30-22-10-8-19(9-11-22)23(28)26-12-1-2-13-26/h3,6-11,15,18H,1-2,4-5,12-14,16-17H2/t18-/m1/s1. The highest BCUT2D eigenvalue weighted by atomic mass is 35.5. The van der Waals surface area contributed by atoms with E-state index < -0.39 is 0 Å². The third-order valence-corrected chi connectivity index (χ3v) is 6.09. The Bertz CT molecular complexity index is 894. The summed E-state index contributed by atoms with van der Waals surface area (Å²) in [5.74, 6) is 1.16. The Hall–Kier alpha value is -2.53. The molecule has 1 atom stereocenters. The lowest BCUT2D eigenvalue weighted by Crippen LogP contribution is -2.41. The fourth-order valence-electron chi connectivity index (χ4n) is 4.20. The van der Waals surface area contributed by atoms with Crippen LogP contribution in [0.4, 0.5) is 0 Å². The number of hydrogen-bond donors (Lipinski definition) is 0. The molecule has 0 N–H and O–H groups in total. The average Bonchev–Trinajstić information content (AvgIpc) is 3.32. The first kappa shape index (κ1) is 20.7. The van der Waals surface area contributed by atoms with Crippen molar-refractivity contribution in [3.8, 4) is 5.75 Å². The van der Waals surface area contributed by atoms with Crippen LogP contribution in [0, 0.1) is 5.92 Å². The van der Waals surface area contributed by atoms with Crippen LogP contribution in [0.15, 0.2) is 48.5 Å². The van der Waals surface area contributed by atoms with Gasteiger partial charge in [0.1, 0.15) is 5.75 Å². The quantitative estimate of drug-likeness (QED) is 0.706. The highest BCUT2D eigenvalue weighted by molar-refractivity contribution is 6.30. The molecule has 2 amide bonds. The zero-order chi connectivity index (χ0) is 20.9. The molecule has 30 heavy (non-hydrogen) atoms. The molecule has 2 aliphatic heterocycles. The molecular formula is C24H27ClN2O3. The number of likely N-dealkylation sites (tertiary alicyclic amines) is 2. The van der Waals surface area contributed by atoms with Gasteiger partial charge in [-0.3, -0.25) is 9.59 Å². The van der Waals surface area contributed by atoms with Gasteiger partial charge in [-0.05, 0) is 68.1 Å². The smallest absolute Gasteiger partial charge is 0.253 e. The van der Waals surface area contributed by atoms with Crippen LogP contribution in [0.2, 0.25) is 5.02 Å². The number of nitrogens with zero attached hydrogens (tertiary/aromatic N) is 2. The van der Waals surface area contributed by atoms with Gasteiger partial charge in [-0.1, -0.05) is 17.7 Å². The molecule has 2 heterocycles. The van der Waals surface area contributed by atoms with E-state index in [1.165, 1.54) is 0 Å². The predicted octanol–water partition coefficient (Wildman–Crippen LogP) is 4.51. The molecule has 2 aromatic rings. The van der Waals surface area contributed by atoms with Crippen molar-refractivity contribution in [2.24, 2.45) is 5.92 Å². The summed E-state index contributed by atoms with van der Waals surface area (Å²) in [7, 11) is 0. The molecule has 6 heteroatoms. The number of hydrogen-bond acceptors (Lipinski definition) is 3. The van der Waals surface area contributed by atoms with Gasteiger partial charge in [0.2, 0.25) is 0 Å². The molecule has 2 saturated heterocycles. The van der Waals surface area contributed by atoms with Crippen LogP contribution in [0.3, 0.4) is 0 Å². The van der Waals surface area contributed by atoms with E-state index in [4.69, 9.17) is 16.3 Å². The molecule has 0 aliphatic carbocycles. The molecule has 0 aromatic heterocycles. The Morgan fingerprint density at radius 3 is 2.33 bits per heavy atom. The minimum atomic E-state index is 0.0204. The van der Waals surface area contributed by atoms with Crippen LogP contribution >= 0.6 is 11.6 Å². The van der Waals surface area contributed by atoms with Crippen LogP contribution in [0.25, 0.3) is 0 Å². The van der Waals surface area contributed by atoms with Gasteiger partial charge in [0.15, 0.2) is 0 Å². The average molecular weight is 427 g/mol. The van der Waals surface area contributed by atoms with E-state index in [9.17, 15) is 9.59 Å². The molecule has 2 aliphatic rings. The summed E-state index contributed by atoms with van der Waals surface area (Å²) < 4.78 is 5.97. The van der Waals surface area contributed by atoms with Gasteiger partial charge in [-0.2, -0.15) is 0 Å². The number of amides is 2. The van der Waals surface area contributed by atoms with E-state index in [1.807, 2.05) is 34.1 Å². The third kappa shape index (κ3) is 4.96. The van der Waals surface area contributed by atoms with Crippen LogP contribution in [0.1, 0.15) is 46.4 Å². The summed E-state index contributed by atoms with van der Waals surface area (Å²) in [6, 6.07) is 14.5. The van der Waals surface area contributed by atoms with Crippen LogP contribution < -0.4 is 4.74 Å². The highest BCUT2D eigenvalue weighted by Crippen LogP contribution is 2.22. The maximum atomic E-state index is 12.8. The number of carbonyl (C=O) groups excluding carboxylic acids is 2. The first-order valence-electron chi connectivity index (χ1n) is 10.7. The second kappa shape index (κ2) is 9.52. The summed E-state index contributed by atoms with van der Waals surface area (Å²) in [5, 5.41) is 0.574. The number of piperidine rings is 1. The zero-order valence-corrected chi connectivity index (χ0v) is 17.8. The monoisotopic (exact) mass is 426 g/mol. The molecule has 0 bridgehead atoms. The summed E-state index contributed by atoms with van der Waals surface area (Å²) >= 11 is 6.03. The Morgan fingerprint density at radius 1 is 0.900 bits per heavy atom. The highest BCUT2D eigenvalue weighted by Gasteiger charge is 2.25. The Morgan fingerprint density at radius 2 is 1.60 bits per heavy atom. The van der Waals surface area contributed by atoms with Crippen LogP contribution in [-0.2, 0) is 0 Å². The van der Waals surface area contributed by atoms with Crippen LogP contribution in [0.5, 0.6) is 5.75 Å². The fourth-order valence-corrected chi connectivity index (χ4v) is 4.39. The minimum Gasteiger partial charge on any atom is -0.493 e. The van der Waals surface area contributed by atoms with Crippen molar-refractivity contribution in [1.82, 2.24) is 9.80 Å². The second-order valence-electron chi connectivity index (χ2n) is 8.10. The van der Waals surface area contributed by atoms with Crippen LogP contribution in [-0.4, -0.2) is 54.4 Å². The van der Waals surface area contributed by atoms with Crippen molar-refractivity contribution in [2.75, 3.05) is 32.8 Å². The molecule has 0 unspecified atom stereocenters. The first-order valence-corrected chi connectivity index (χ1v) is 11.0. The van der Waals surface area contributed by atoms with Gasteiger partial charge in [-0.25, -0.2) is 0 Å². The number of rotatable bonds is 5. The Kier molecular flexibility index (Phi) is 6.58. The van der Waals surface area contributed by atoms with Crippen molar-refractivity contribution in [1.29, 1.82) is 0 Å². The molecular weight excluding hydrogens is 400 g/mol. The van der Waals surface area contributed by atoms with E-state index in [0.717, 1.165) is 51.1 Å². The zero-order valence-electron chi connectivity index (χ0n) is 17.1. The van der Waals surface area contributed by atoms with Gasteiger partial charge < -0.3 is 14.5 Å². The Labute approximate surface area is 182 Å². The van der Waals surface area contributed by atoms with Gasteiger partial charge >= 0.3 is 0 Å². The fraction of sp³-hybridized carbons (Fsp3) is 0.417. The summed E-state index contributed by atoms with van der Waals surface area (Å²) in [6.07, 6.45) is 4.17. The Balaban J connectivity index is 1.30. The van der Waals surface area contributed by atoms with Gasteiger partial charge in [-0.15, -0.1) is 0 Å². The second-order valence-corrected chi connectivity index (χ2v) is 8.54. The normalized spacial score (nSPS) is 19.0. The molecule has 2 aromatic carbocycles. The van der Waals surface area contributed by atoms with E-state index in [2.05, 4.69) is 0 Å². The molecule has 5 nitrogen and oxygen atoms in total. The van der Waals surface area contributed by atoms with Crippen molar-refractivity contribution in [2.45, 2.75) is 25.7 Å². The van der Waals surface area contributed by atoms with E-state index in [1.54, 1.807) is 24.3 Å². The predicted molar refractivity (Wildman–Crippen MR) is 117 cm³/mol. The van der Waals surface area contributed by atoms with Crippen molar-refractivity contribution < 1.29 is 14.3 Å². The SMILES string of the molecule is O=C(c1ccc(OC[C@@H]2CCCN(C(=O)c3cccc(Cl)c3)C2)cc1)N1CCCC1. The van der Waals surface area contributed by atoms with E-state index in [-0.39, 0.29) is 17.7 Å². The molecule has 0 spiro atoms. The lowest BCUT2D eigenvalue weighted by Gasteiger charge is -2.32. The number of ether oxygens (including phenoxy) is 1. The largest absolute Gasteiger partial charge is 0.493 e. The topological polar surface area (TPSA) is 49.9 Å². The maximum absolute atomic E-state index is 12.8. The lowest BCUT2D eigenvalue weighted by atomic mass is 9.98. The van der Waals surface area contributed by atoms with E-state index in [0.29, 0.717) is 29.3 Å². The van der Waals surface area contributed by atoms with Gasteiger partial charge in [0, 0.05) is 48.2 Å². The van der Waals surface area contributed by atoms with E-state index >= 15 is 0 Å². The first-order chi connectivity index (χ1) is 14.6. The molecule has 158 valence electrons. The number of carbonyl (C=O) groups is 2. The molecule has 4 rings (SSSR count). The maximum Gasteiger partial charge on any atom is 0.253 e. The number of benzene rings is 2.